The van der Waals surface area contributed by atoms with E-state index in [1.165, 1.54) is 4.90 Å². The van der Waals surface area contributed by atoms with Crippen LogP contribution in [-0.4, -0.2) is 51.1 Å². The first-order valence-corrected chi connectivity index (χ1v) is 7.92. The largest absolute Gasteiger partial charge is 0.304 e. The summed E-state index contributed by atoms with van der Waals surface area (Å²) >= 11 is 0. The molecule has 1 N–H and O–H groups in total. The maximum absolute atomic E-state index is 12.1. The van der Waals surface area contributed by atoms with Gasteiger partial charge in [-0.05, 0) is 20.3 Å². The molecule has 4 unspecified atom stereocenters. The molecule has 0 aromatic heterocycles. The van der Waals surface area contributed by atoms with E-state index in [0.717, 1.165) is 6.42 Å². The van der Waals surface area contributed by atoms with Gasteiger partial charge in [0, 0.05) is 34.9 Å². The SMILES string of the molecule is CCC(C)N1C(=O)CC(NCC(C)S(C)=O)C1=O. The molecule has 0 aliphatic carbocycles. The predicted molar refractivity (Wildman–Crippen MR) is 71.5 cm³/mol. The van der Waals surface area contributed by atoms with Gasteiger partial charge in [0.1, 0.15) is 0 Å². The number of hydrogen-bond acceptors (Lipinski definition) is 4. The van der Waals surface area contributed by atoms with Gasteiger partial charge in [0.05, 0.1) is 12.5 Å². The van der Waals surface area contributed by atoms with Crippen LogP contribution in [0.3, 0.4) is 0 Å². The van der Waals surface area contributed by atoms with Gasteiger partial charge in [-0.25, -0.2) is 0 Å². The monoisotopic (exact) mass is 274 g/mol. The Morgan fingerprint density at radius 3 is 2.56 bits per heavy atom. The molecule has 5 nitrogen and oxygen atoms in total. The molecule has 0 saturated carbocycles. The van der Waals surface area contributed by atoms with E-state index in [1.807, 2.05) is 20.8 Å². The number of rotatable bonds is 6. The smallest absolute Gasteiger partial charge is 0.247 e. The minimum absolute atomic E-state index is 0.0226. The van der Waals surface area contributed by atoms with Crippen molar-refractivity contribution < 1.29 is 13.8 Å². The summed E-state index contributed by atoms with van der Waals surface area (Å²) in [6.45, 7) is 6.17. The Labute approximate surface area is 111 Å². The highest BCUT2D eigenvalue weighted by Gasteiger charge is 2.40. The minimum Gasteiger partial charge on any atom is -0.304 e. The first-order valence-electron chi connectivity index (χ1n) is 6.30. The Bertz CT molecular complexity index is 359. The van der Waals surface area contributed by atoms with Gasteiger partial charge in [-0.2, -0.15) is 0 Å². The zero-order valence-electron chi connectivity index (χ0n) is 11.4. The molecule has 4 atom stereocenters. The van der Waals surface area contributed by atoms with Crippen molar-refractivity contribution in [3.05, 3.63) is 0 Å². The van der Waals surface area contributed by atoms with E-state index >= 15 is 0 Å². The molecule has 1 aliphatic heterocycles. The molecule has 104 valence electrons. The van der Waals surface area contributed by atoms with Crippen LogP contribution >= 0.6 is 0 Å². The Morgan fingerprint density at radius 1 is 1.44 bits per heavy atom. The fourth-order valence-electron chi connectivity index (χ4n) is 1.88. The average molecular weight is 274 g/mol. The quantitative estimate of drug-likeness (QED) is 0.706. The molecule has 2 amide bonds. The van der Waals surface area contributed by atoms with Gasteiger partial charge in [-0.1, -0.05) is 6.92 Å². The fourth-order valence-corrected chi connectivity index (χ4v) is 2.21. The van der Waals surface area contributed by atoms with Gasteiger partial charge in [0.15, 0.2) is 0 Å². The summed E-state index contributed by atoms with van der Waals surface area (Å²) in [5.41, 5.74) is 0. The molecule has 18 heavy (non-hydrogen) atoms. The van der Waals surface area contributed by atoms with Gasteiger partial charge >= 0.3 is 0 Å². The van der Waals surface area contributed by atoms with Crippen molar-refractivity contribution in [3.63, 3.8) is 0 Å². The number of likely N-dealkylation sites (tertiary alicyclic amines) is 1. The van der Waals surface area contributed by atoms with Crippen molar-refractivity contribution in [1.29, 1.82) is 0 Å². The third kappa shape index (κ3) is 3.38. The normalized spacial score (nSPS) is 25.3. The van der Waals surface area contributed by atoms with Crippen LogP contribution in [0.25, 0.3) is 0 Å². The summed E-state index contributed by atoms with van der Waals surface area (Å²) in [5.74, 6) is -0.263. The Hall–Kier alpha value is -0.750. The molecule has 1 heterocycles. The van der Waals surface area contributed by atoms with E-state index < -0.39 is 16.8 Å². The molecule has 1 aliphatic rings. The highest BCUT2D eigenvalue weighted by atomic mass is 32.2. The van der Waals surface area contributed by atoms with Gasteiger partial charge in [-0.15, -0.1) is 0 Å². The number of nitrogens with one attached hydrogen (secondary N) is 1. The lowest BCUT2D eigenvalue weighted by Crippen LogP contribution is -2.44. The summed E-state index contributed by atoms with van der Waals surface area (Å²) in [7, 11) is -0.922. The Kier molecular flexibility index (Phi) is 5.47. The second-order valence-electron chi connectivity index (χ2n) is 4.83. The van der Waals surface area contributed by atoms with Crippen LogP contribution in [0.1, 0.15) is 33.6 Å². The van der Waals surface area contributed by atoms with Crippen LogP contribution in [0.2, 0.25) is 0 Å². The van der Waals surface area contributed by atoms with E-state index in [4.69, 9.17) is 0 Å². The van der Waals surface area contributed by atoms with Crippen LogP contribution < -0.4 is 5.32 Å². The van der Waals surface area contributed by atoms with Crippen LogP contribution in [0, 0.1) is 0 Å². The van der Waals surface area contributed by atoms with E-state index in [2.05, 4.69) is 5.32 Å². The van der Waals surface area contributed by atoms with Crippen molar-refractivity contribution in [1.82, 2.24) is 10.2 Å². The topological polar surface area (TPSA) is 66.5 Å². The second kappa shape index (κ2) is 6.43. The number of imide groups is 1. The van der Waals surface area contributed by atoms with Crippen molar-refractivity contribution in [3.8, 4) is 0 Å². The van der Waals surface area contributed by atoms with Gasteiger partial charge < -0.3 is 5.32 Å². The third-order valence-corrected chi connectivity index (χ3v) is 4.73. The average Bonchev–Trinajstić information content (AvgIpc) is 2.60. The molecule has 0 radical (unpaired) electrons. The molecule has 0 bridgehead atoms. The van der Waals surface area contributed by atoms with Crippen LogP contribution in [0.4, 0.5) is 0 Å². The lowest BCUT2D eigenvalue weighted by Gasteiger charge is -2.22. The fraction of sp³-hybridized carbons (Fsp3) is 0.833. The Morgan fingerprint density at radius 2 is 2.06 bits per heavy atom. The molecule has 1 rings (SSSR count). The molecule has 1 saturated heterocycles. The highest BCUT2D eigenvalue weighted by molar-refractivity contribution is 7.84. The first kappa shape index (κ1) is 15.3. The molecule has 1 fully saturated rings. The van der Waals surface area contributed by atoms with Gasteiger partial charge in [0.2, 0.25) is 11.8 Å². The highest BCUT2D eigenvalue weighted by Crippen LogP contribution is 2.17. The lowest BCUT2D eigenvalue weighted by molar-refractivity contribution is -0.141. The molecule has 0 aromatic rings. The zero-order chi connectivity index (χ0) is 13.9. The van der Waals surface area contributed by atoms with Crippen molar-refractivity contribution >= 4 is 22.6 Å². The van der Waals surface area contributed by atoms with Crippen LogP contribution in [0.5, 0.6) is 0 Å². The summed E-state index contributed by atoms with van der Waals surface area (Å²) in [5, 5.41) is 3.02. The third-order valence-electron chi connectivity index (χ3n) is 3.43. The predicted octanol–water partition coefficient (Wildman–Crippen LogP) is 0.269. The number of nitrogens with zero attached hydrogens (tertiary/aromatic N) is 1. The molecular weight excluding hydrogens is 252 g/mol. The van der Waals surface area contributed by atoms with Gasteiger partial charge in [-0.3, -0.25) is 18.7 Å². The molecular formula is C12H22N2O3S. The molecule has 0 aromatic carbocycles. The number of carbonyl (C=O) groups excluding carboxylic acids is 2. The van der Waals surface area contributed by atoms with Crippen molar-refractivity contribution in [2.24, 2.45) is 0 Å². The summed E-state index contributed by atoms with van der Waals surface area (Å²) < 4.78 is 11.2. The maximum atomic E-state index is 12.1. The van der Waals surface area contributed by atoms with Gasteiger partial charge in [0.25, 0.3) is 0 Å². The lowest BCUT2D eigenvalue weighted by atomic mass is 10.2. The number of amides is 2. The zero-order valence-corrected chi connectivity index (χ0v) is 12.3. The first-order chi connectivity index (χ1) is 8.38. The Balaban J connectivity index is 2.58. The molecule has 6 heteroatoms. The maximum Gasteiger partial charge on any atom is 0.247 e. The number of carbonyl (C=O) groups is 2. The standard InChI is InChI=1S/C12H22N2O3S/c1-5-8(2)14-11(15)6-10(12(14)16)13-7-9(3)18(4)17/h8-10,13H,5-7H2,1-4H3. The van der Waals surface area contributed by atoms with E-state index in [-0.39, 0.29) is 29.5 Å². The minimum atomic E-state index is -0.922. The van der Waals surface area contributed by atoms with Crippen LogP contribution in [-0.2, 0) is 20.4 Å². The summed E-state index contributed by atoms with van der Waals surface area (Å²) in [4.78, 5) is 25.2. The van der Waals surface area contributed by atoms with E-state index in [9.17, 15) is 13.8 Å². The van der Waals surface area contributed by atoms with Crippen molar-refractivity contribution in [2.45, 2.75) is 50.9 Å². The second-order valence-corrected chi connectivity index (χ2v) is 6.64. The van der Waals surface area contributed by atoms with E-state index in [1.54, 1.807) is 6.26 Å². The van der Waals surface area contributed by atoms with Crippen LogP contribution in [0.15, 0.2) is 0 Å². The number of hydrogen-bond donors (Lipinski definition) is 1. The molecule has 0 spiro atoms. The summed E-state index contributed by atoms with van der Waals surface area (Å²) in [6, 6.07) is -0.493. The van der Waals surface area contributed by atoms with E-state index in [0.29, 0.717) is 6.54 Å². The summed E-state index contributed by atoms with van der Waals surface area (Å²) in [6.07, 6.45) is 2.62. The van der Waals surface area contributed by atoms with Crippen molar-refractivity contribution in [2.75, 3.05) is 12.8 Å².